The number of nitrogens with zero attached hydrogens (tertiary/aromatic N) is 4. The van der Waals surface area contributed by atoms with E-state index in [-0.39, 0.29) is 6.61 Å². The number of aromatic nitrogens is 3. The summed E-state index contributed by atoms with van der Waals surface area (Å²) in [6.45, 7) is 10.5. The van der Waals surface area contributed by atoms with Crippen molar-refractivity contribution in [3.8, 4) is 0 Å². The predicted octanol–water partition coefficient (Wildman–Crippen LogP) is 1.17. The number of ether oxygens (including phenoxy) is 1. The summed E-state index contributed by atoms with van der Waals surface area (Å²) < 4.78 is 7.44. The summed E-state index contributed by atoms with van der Waals surface area (Å²) >= 11 is 0. The Morgan fingerprint density at radius 1 is 1.21 bits per heavy atom. The lowest BCUT2D eigenvalue weighted by atomic mass is 10.2. The van der Waals surface area contributed by atoms with Crippen LogP contribution in [0, 0.1) is 13.8 Å². The highest BCUT2D eigenvalue weighted by Gasteiger charge is 2.16. The fourth-order valence-electron chi connectivity index (χ4n) is 3.31. The average Bonchev–Trinajstić information content (AvgIpc) is 2.86. The van der Waals surface area contributed by atoms with Crippen molar-refractivity contribution < 1.29 is 9.84 Å². The van der Waals surface area contributed by atoms with E-state index in [4.69, 9.17) is 4.74 Å². The van der Waals surface area contributed by atoms with Gasteiger partial charge in [-0.3, -0.25) is 4.90 Å². The van der Waals surface area contributed by atoms with Crippen LogP contribution in [0.2, 0.25) is 0 Å². The lowest BCUT2D eigenvalue weighted by molar-refractivity contribution is 0.0378. The van der Waals surface area contributed by atoms with Gasteiger partial charge in [0.2, 0.25) is 0 Å². The molecule has 0 spiro atoms. The van der Waals surface area contributed by atoms with Gasteiger partial charge < -0.3 is 19.7 Å². The molecule has 7 nitrogen and oxygen atoms in total. The number of nitrogens with one attached hydrogen (secondary N) is 1. The minimum Gasteiger partial charge on any atom is -0.395 e. The van der Waals surface area contributed by atoms with E-state index in [9.17, 15) is 5.11 Å². The zero-order chi connectivity index (χ0) is 16.9. The Kier molecular flexibility index (Phi) is 5.65. The Morgan fingerprint density at radius 3 is 2.75 bits per heavy atom. The first-order valence-corrected chi connectivity index (χ1v) is 8.67. The van der Waals surface area contributed by atoms with Crippen LogP contribution in [0.15, 0.2) is 6.33 Å². The van der Waals surface area contributed by atoms with Gasteiger partial charge in [-0.1, -0.05) is 0 Å². The lowest BCUT2D eigenvalue weighted by Crippen LogP contribution is -2.37. The van der Waals surface area contributed by atoms with Gasteiger partial charge in [-0.05, 0) is 32.4 Å². The van der Waals surface area contributed by atoms with Gasteiger partial charge in [0.05, 0.1) is 25.2 Å². The second-order valence-corrected chi connectivity index (χ2v) is 6.24. The molecule has 1 aliphatic rings. The molecule has 1 saturated heterocycles. The minimum absolute atomic E-state index is 0.108. The molecule has 2 aromatic heterocycles. The Labute approximate surface area is 142 Å². The second kappa shape index (κ2) is 7.92. The smallest absolute Gasteiger partial charge is 0.146 e. The molecule has 0 aromatic carbocycles. The van der Waals surface area contributed by atoms with Crippen molar-refractivity contribution in [2.75, 3.05) is 51.3 Å². The summed E-state index contributed by atoms with van der Waals surface area (Å²) in [6.07, 6.45) is 2.67. The number of rotatable bonds is 7. The van der Waals surface area contributed by atoms with E-state index in [1.165, 1.54) is 5.56 Å². The van der Waals surface area contributed by atoms with Gasteiger partial charge in [0.1, 0.15) is 17.8 Å². The fraction of sp³-hybridized carbons (Fsp3) is 0.647. The Hall–Kier alpha value is -1.70. The molecule has 7 heteroatoms. The van der Waals surface area contributed by atoms with Crippen LogP contribution in [0.3, 0.4) is 0 Å². The molecule has 0 atom stereocenters. The van der Waals surface area contributed by atoms with Crippen LogP contribution >= 0.6 is 0 Å². The number of aliphatic hydroxyl groups excluding tert-OH is 1. The molecule has 1 aliphatic heterocycles. The number of anilines is 1. The first-order chi connectivity index (χ1) is 11.7. The minimum atomic E-state index is 0.108. The van der Waals surface area contributed by atoms with E-state index < -0.39 is 0 Å². The van der Waals surface area contributed by atoms with E-state index in [1.54, 1.807) is 6.33 Å². The van der Waals surface area contributed by atoms with Crippen LogP contribution in [0.25, 0.3) is 11.0 Å². The van der Waals surface area contributed by atoms with Gasteiger partial charge in [-0.15, -0.1) is 0 Å². The summed E-state index contributed by atoms with van der Waals surface area (Å²) in [6, 6.07) is 0. The normalized spacial score (nSPS) is 16.0. The van der Waals surface area contributed by atoms with Crippen molar-refractivity contribution in [1.82, 2.24) is 19.4 Å². The van der Waals surface area contributed by atoms with Gasteiger partial charge in [0, 0.05) is 31.9 Å². The molecule has 2 N–H and O–H groups in total. The fourth-order valence-corrected chi connectivity index (χ4v) is 3.31. The second-order valence-electron chi connectivity index (χ2n) is 6.24. The van der Waals surface area contributed by atoms with Crippen LogP contribution < -0.4 is 5.32 Å². The number of aliphatic hydroxyl groups is 1. The maximum absolute atomic E-state index is 9.29. The molecule has 0 amide bonds. The van der Waals surface area contributed by atoms with Crippen molar-refractivity contribution >= 4 is 16.9 Å². The number of aryl methyl sites for hydroxylation is 1. The molecule has 3 rings (SSSR count). The van der Waals surface area contributed by atoms with Crippen molar-refractivity contribution in [3.05, 3.63) is 17.6 Å². The maximum atomic E-state index is 9.29. The number of hydrogen-bond acceptors (Lipinski definition) is 6. The highest BCUT2D eigenvalue weighted by Crippen LogP contribution is 2.28. The Morgan fingerprint density at radius 2 is 2.00 bits per heavy atom. The van der Waals surface area contributed by atoms with Crippen molar-refractivity contribution in [2.24, 2.45) is 0 Å². The van der Waals surface area contributed by atoms with Crippen LogP contribution in [-0.4, -0.2) is 70.5 Å². The zero-order valence-corrected chi connectivity index (χ0v) is 14.6. The summed E-state index contributed by atoms with van der Waals surface area (Å²) in [7, 11) is 0. The van der Waals surface area contributed by atoms with Crippen LogP contribution in [0.1, 0.15) is 17.7 Å². The number of morpholine rings is 1. The summed E-state index contributed by atoms with van der Waals surface area (Å²) in [5, 5.41) is 13.8. The Balaban J connectivity index is 1.67. The Bertz CT molecular complexity index is 679. The van der Waals surface area contributed by atoms with Crippen molar-refractivity contribution in [1.29, 1.82) is 0 Å². The first kappa shape index (κ1) is 17.1. The monoisotopic (exact) mass is 333 g/mol. The molecule has 0 aliphatic carbocycles. The SMILES string of the molecule is Cc1c(C)n(CCO)c2ncnc(NCCCN3CCOCC3)c12. The molecule has 2 aromatic rings. The van der Waals surface area contributed by atoms with Gasteiger partial charge >= 0.3 is 0 Å². The van der Waals surface area contributed by atoms with E-state index in [2.05, 4.69) is 38.6 Å². The summed E-state index contributed by atoms with van der Waals surface area (Å²) in [4.78, 5) is 11.3. The quantitative estimate of drug-likeness (QED) is 0.741. The highest BCUT2D eigenvalue weighted by atomic mass is 16.5. The van der Waals surface area contributed by atoms with Gasteiger partial charge in [0.15, 0.2) is 0 Å². The molecule has 24 heavy (non-hydrogen) atoms. The molecular weight excluding hydrogens is 306 g/mol. The van der Waals surface area contributed by atoms with Gasteiger partial charge in [-0.2, -0.15) is 0 Å². The van der Waals surface area contributed by atoms with E-state index in [0.717, 1.165) is 68.4 Å². The predicted molar refractivity (Wildman–Crippen MR) is 94.5 cm³/mol. The van der Waals surface area contributed by atoms with Crippen LogP contribution in [0.5, 0.6) is 0 Å². The zero-order valence-electron chi connectivity index (χ0n) is 14.6. The molecule has 0 unspecified atom stereocenters. The lowest BCUT2D eigenvalue weighted by Gasteiger charge is -2.26. The first-order valence-electron chi connectivity index (χ1n) is 8.67. The van der Waals surface area contributed by atoms with Gasteiger partial charge in [-0.25, -0.2) is 9.97 Å². The summed E-state index contributed by atoms with van der Waals surface area (Å²) in [5.41, 5.74) is 3.20. The maximum Gasteiger partial charge on any atom is 0.146 e. The summed E-state index contributed by atoms with van der Waals surface area (Å²) in [5.74, 6) is 0.888. The highest BCUT2D eigenvalue weighted by molar-refractivity contribution is 5.91. The number of hydrogen-bond donors (Lipinski definition) is 2. The third-order valence-corrected chi connectivity index (χ3v) is 4.78. The third kappa shape index (κ3) is 3.53. The van der Waals surface area contributed by atoms with E-state index >= 15 is 0 Å². The van der Waals surface area contributed by atoms with E-state index in [1.807, 2.05) is 0 Å². The van der Waals surface area contributed by atoms with Crippen molar-refractivity contribution in [2.45, 2.75) is 26.8 Å². The molecular formula is C17H27N5O2. The molecule has 0 radical (unpaired) electrons. The molecule has 3 heterocycles. The van der Waals surface area contributed by atoms with Crippen molar-refractivity contribution in [3.63, 3.8) is 0 Å². The topological polar surface area (TPSA) is 75.4 Å². The molecule has 0 saturated carbocycles. The number of fused-ring (bicyclic) bond motifs is 1. The van der Waals surface area contributed by atoms with Crippen LogP contribution in [-0.2, 0) is 11.3 Å². The largest absolute Gasteiger partial charge is 0.395 e. The van der Waals surface area contributed by atoms with Crippen LogP contribution in [0.4, 0.5) is 5.82 Å². The third-order valence-electron chi connectivity index (χ3n) is 4.78. The van der Waals surface area contributed by atoms with Gasteiger partial charge in [0.25, 0.3) is 0 Å². The molecule has 0 bridgehead atoms. The standard InChI is InChI=1S/C17H27N5O2/c1-13-14(2)22(6-9-23)17-15(13)16(19-12-20-17)18-4-3-5-21-7-10-24-11-8-21/h12,23H,3-11H2,1-2H3,(H,18,19,20). The average molecular weight is 333 g/mol. The molecule has 1 fully saturated rings. The molecule has 132 valence electrons. The van der Waals surface area contributed by atoms with E-state index in [0.29, 0.717) is 6.54 Å².